The Morgan fingerprint density at radius 2 is 2.08 bits per heavy atom. The van der Waals surface area contributed by atoms with Crippen LogP contribution in [0.15, 0.2) is 29.0 Å². The first-order chi connectivity index (χ1) is 11.6. The lowest BCUT2D eigenvalue weighted by Gasteiger charge is -2.16. The van der Waals surface area contributed by atoms with Crippen LogP contribution in [-0.2, 0) is 11.2 Å². The van der Waals surface area contributed by atoms with E-state index in [1.165, 1.54) is 0 Å². The van der Waals surface area contributed by atoms with Crippen molar-refractivity contribution in [2.45, 2.75) is 32.6 Å². The van der Waals surface area contributed by atoms with E-state index >= 15 is 0 Å². The molecule has 1 saturated heterocycles. The van der Waals surface area contributed by atoms with Crippen LogP contribution in [0.5, 0.6) is 0 Å². The highest BCUT2D eigenvalue weighted by atomic mass is 16.5. The molecule has 1 aliphatic heterocycles. The first-order valence-electron chi connectivity index (χ1n) is 8.30. The van der Waals surface area contributed by atoms with Crippen LogP contribution in [0.1, 0.15) is 34.9 Å². The van der Waals surface area contributed by atoms with E-state index in [1.807, 2.05) is 30.9 Å². The van der Waals surface area contributed by atoms with E-state index in [1.54, 1.807) is 12.4 Å². The second-order valence-electron chi connectivity index (χ2n) is 6.43. The van der Waals surface area contributed by atoms with Crippen LogP contribution in [-0.4, -0.2) is 45.8 Å². The van der Waals surface area contributed by atoms with Crippen LogP contribution in [0, 0.1) is 19.8 Å². The Balaban J connectivity index is 1.64. The van der Waals surface area contributed by atoms with Crippen molar-refractivity contribution in [3.05, 3.63) is 47.1 Å². The molecule has 0 bridgehead atoms. The van der Waals surface area contributed by atoms with Gasteiger partial charge < -0.3 is 14.5 Å². The van der Waals surface area contributed by atoms with Crippen molar-refractivity contribution in [1.29, 1.82) is 0 Å². The van der Waals surface area contributed by atoms with Crippen LogP contribution < -0.4 is 0 Å². The molecule has 3 heterocycles. The summed E-state index contributed by atoms with van der Waals surface area (Å²) in [7, 11) is 0. The molecule has 6 heteroatoms. The summed E-state index contributed by atoms with van der Waals surface area (Å²) in [5.74, 6) is 1.14. The molecule has 128 valence electrons. The zero-order valence-corrected chi connectivity index (χ0v) is 14.1. The summed E-state index contributed by atoms with van der Waals surface area (Å²) in [6.07, 6.45) is 4.59. The van der Waals surface area contributed by atoms with Gasteiger partial charge in [-0.15, -0.1) is 0 Å². The highest BCUT2D eigenvalue weighted by Gasteiger charge is 2.35. The summed E-state index contributed by atoms with van der Waals surface area (Å²) in [6, 6.07) is 3.93. The molecular formula is C18H23N3O3. The minimum absolute atomic E-state index is 0.0791. The summed E-state index contributed by atoms with van der Waals surface area (Å²) in [5.41, 5.74) is 3.00. The molecule has 2 aromatic heterocycles. The van der Waals surface area contributed by atoms with Gasteiger partial charge in [0.25, 0.3) is 0 Å². The van der Waals surface area contributed by atoms with Gasteiger partial charge in [0.2, 0.25) is 5.91 Å². The van der Waals surface area contributed by atoms with E-state index < -0.39 is 0 Å². The number of hydrogen-bond donors (Lipinski definition) is 1. The summed E-state index contributed by atoms with van der Waals surface area (Å²) in [5, 5.41) is 13.6. The van der Waals surface area contributed by atoms with Crippen molar-refractivity contribution >= 4 is 5.91 Å². The lowest BCUT2D eigenvalue weighted by molar-refractivity contribution is -0.130. The van der Waals surface area contributed by atoms with Gasteiger partial charge in [0, 0.05) is 55.9 Å². The van der Waals surface area contributed by atoms with Gasteiger partial charge >= 0.3 is 0 Å². The zero-order valence-electron chi connectivity index (χ0n) is 14.1. The number of aliphatic hydroxyl groups is 1. The number of carbonyl (C=O) groups excluding carboxylic acids is 1. The van der Waals surface area contributed by atoms with Crippen molar-refractivity contribution in [3.63, 3.8) is 0 Å². The number of aryl methyl sites for hydroxylation is 2. The molecule has 2 atom stereocenters. The first-order valence-corrected chi connectivity index (χ1v) is 8.30. The number of pyridine rings is 1. The van der Waals surface area contributed by atoms with E-state index in [9.17, 15) is 9.90 Å². The smallest absolute Gasteiger partial charge is 0.222 e. The third kappa shape index (κ3) is 3.33. The van der Waals surface area contributed by atoms with E-state index in [4.69, 9.17) is 4.52 Å². The Labute approximate surface area is 141 Å². The molecule has 0 aliphatic carbocycles. The highest BCUT2D eigenvalue weighted by Crippen LogP contribution is 2.32. The zero-order chi connectivity index (χ0) is 17.1. The van der Waals surface area contributed by atoms with Crippen molar-refractivity contribution in [3.8, 4) is 0 Å². The Kier molecular flexibility index (Phi) is 4.94. The number of amides is 1. The fourth-order valence-electron chi connectivity index (χ4n) is 3.50. The topological polar surface area (TPSA) is 79.5 Å². The first kappa shape index (κ1) is 16.6. The molecule has 1 fully saturated rings. The molecule has 1 aliphatic rings. The maximum absolute atomic E-state index is 12.6. The molecule has 0 radical (unpaired) electrons. The maximum Gasteiger partial charge on any atom is 0.222 e. The van der Waals surface area contributed by atoms with Gasteiger partial charge in [-0.1, -0.05) is 5.16 Å². The monoisotopic (exact) mass is 329 g/mol. The average molecular weight is 329 g/mol. The summed E-state index contributed by atoms with van der Waals surface area (Å²) in [6.45, 7) is 5.10. The van der Waals surface area contributed by atoms with Crippen LogP contribution in [0.2, 0.25) is 0 Å². The van der Waals surface area contributed by atoms with Crippen LogP contribution >= 0.6 is 0 Å². The van der Waals surface area contributed by atoms with Crippen LogP contribution in [0.25, 0.3) is 0 Å². The molecule has 0 unspecified atom stereocenters. The van der Waals surface area contributed by atoms with E-state index in [-0.39, 0.29) is 24.3 Å². The molecule has 24 heavy (non-hydrogen) atoms. The molecule has 0 spiro atoms. The van der Waals surface area contributed by atoms with Gasteiger partial charge in [-0.25, -0.2) is 0 Å². The Bertz CT molecular complexity index is 679. The minimum atomic E-state index is 0.0791. The van der Waals surface area contributed by atoms with Gasteiger partial charge in [-0.05, 0) is 38.0 Å². The Morgan fingerprint density at radius 3 is 2.71 bits per heavy atom. The quantitative estimate of drug-likeness (QED) is 0.905. The normalized spacial score (nSPS) is 20.5. The highest BCUT2D eigenvalue weighted by molar-refractivity contribution is 5.77. The number of rotatable bonds is 5. The number of aliphatic hydroxyl groups excluding tert-OH is 1. The SMILES string of the molecule is Cc1noc(C)c1CCC(=O)N1C[C@@H](CO)[C@H](c2ccncc2)C1. The van der Waals surface area contributed by atoms with Crippen molar-refractivity contribution in [2.24, 2.45) is 5.92 Å². The molecule has 1 N–H and O–H groups in total. The molecule has 1 amide bonds. The lowest BCUT2D eigenvalue weighted by atomic mass is 9.90. The summed E-state index contributed by atoms with van der Waals surface area (Å²) < 4.78 is 5.15. The van der Waals surface area contributed by atoms with Gasteiger partial charge in [0.05, 0.1) is 5.69 Å². The second kappa shape index (κ2) is 7.13. The average Bonchev–Trinajstić information content (AvgIpc) is 3.17. The third-order valence-electron chi connectivity index (χ3n) is 4.93. The van der Waals surface area contributed by atoms with Crippen LogP contribution in [0.4, 0.5) is 0 Å². The van der Waals surface area contributed by atoms with Crippen LogP contribution in [0.3, 0.4) is 0 Å². The number of likely N-dealkylation sites (tertiary alicyclic amines) is 1. The number of carbonyl (C=O) groups is 1. The molecule has 3 rings (SSSR count). The molecule has 0 aromatic carbocycles. The fraction of sp³-hybridized carbons (Fsp3) is 0.500. The predicted molar refractivity (Wildman–Crippen MR) is 88.4 cm³/mol. The van der Waals surface area contributed by atoms with Gasteiger partial charge in [-0.2, -0.15) is 0 Å². The minimum Gasteiger partial charge on any atom is -0.396 e. The summed E-state index contributed by atoms with van der Waals surface area (Å²) >= 11 is 0. The number of hydrogen-bond acceptors (Lipinski definition) is 5. The summed E-state index contributed by atoms with van der Waals surface area (Å²) in [4.78, 5) is 18.5. The van der Waals surface area contributed by atoms with Crippen molar-refractivity contribution < 1.29 is 14.4 Å². The number of nitrogens with zero attached hydrogens (tertiary/aromatic N) is 3. The molecular weight excluding hydrogens is 306 g/mol. The molecule has 0 saturated carbocycles. The maximum atomic E-state index is 12.6. The van der Waals surface area contributed by atoms with Gasteiger partial charge in [0.15, 0.2) is 0 Å². The molecule has 6 nitrogen and oxygen atoms in total. The van der Waals surface area contributed by atoms with Crippen molar-refractivity contribution in [1.82, 2.24) is 15.0 Å². The van der Waals surface area contributed by atoms with Gasteiger partial charge in [-0.3, -0.25) is 9.78 Å². The van der Waals surface area contributed by atoms with E-state index in [0.29, 0.717) is 25.9 Å². The van der Waals surface area contributed by atoms with Gasteiger partial charge in [0.1, 0.15) is 5.76 Å². The molecule has 2 aromatic rings. The standard InChI is InChI=1S/C18H23N3O3/c1-12-16(13(2)24-20-12)3-4-18(23)21-9-15(11-22)17(10-21)14-5-7-19-8-6-14/h5-8,15,17,22H,3-4,9-11H2,1-2H3/t15-,17-/m0/s1. The third-order valence-corrected chi connectivity index (χ3v) is 4.93. The lowest BCUT2D eigenvalue weighted by Crippen LogP contribution is -2.29. The van der Waals surface area contributed by atoms with E-state index in [2.05, 4.69) is 10.1 Å². The second-order valence-corrected chi connectivity index (χ2v) is 6.43. The van der Waals surface area contributed by atoms with E-state index in [0.717, 1.165) is 22.6 Å². The fourth-order valence-corrected chi connectivity index (χ4v) is 3.50. The van der Waals surface area contributed by atoms with Crippen molar-refractivity contribution in [2.75, 3.05) is 19.7 Å². The largest absolute Gasteiger partial charge is 0.396 e. The predicted octanol–water partition coefficient (Wildman–Crippen LogP) is 1.85. The number of aromatic nitrogens is 2. The Hall–Kier alpha value is -2.21. The Morgan fingerprint density at radius 1 is 1.33 bits per heavy atom.